The zero-order valence-electron chi connectivity index (χ0n) is 19.2. The molecule has 0 bridgehead atoms. The van der Waals surface area contributed by atoms with Crippen molar-refractivity contribution >= 4 is 5.97 Å². The highest BCUT2D eigenvalue weighted by molar-refractivity contribution is 5.81. The molecule has 2 rings (SSSR count). The van der Waals surface area contributed by atoms with Crippen molar-refractivity contribution < 1.29 is 23.7 Å². The Kier molecular flexibility index (Phi) is 9.13. The average Bonchev–Trinajstić information content (AvgIpc) is 2.77. The smallest absolute Gasteiger partial charge is 0.330 e. The monoisotopic (exact) mass is 426 g/mol. The lowest BCUT2D eigenvalue weighted by atomic mass is 9.78. The van der Waals surface area contributed by atoms with Gasteiger partial charge in [-0.05, 0) is 56.2 Å². The van der Waals surface area contributed by atoms with Crippen molar-refractivity contribution in [2.24, 2.45) is 0 Å². The Labute approximate surface area is 186 Å². The van der Waals surface area contributed by atoms with Crippen LogP contribution in [0.3, 0.4) is 0 Å². The first-order valence-electron chi connectivity index (χ1n) is 10.7. The van der Waals surface area contributed by atoms with Crippen molar-refractivity contribution in [2.45, 2.75) is 52.2 Å². The van der Waals surface area contributed by atoms with E-state index in [2.05, 4.69) is 44.7 Å². The molecule has 5 nitrogen and oxygen atoms in total. The standard InChI is InChI=1S/C26H34O5/c1-7-25(27)31-20(4)18-29-19(3)17-30-24-15-11-22(12-16-24)26(5,6)21-9-13-23(14-10-21)28-8-2/h7,9-16,19-20H,1,8,17-18H2,2-6H3. The molecule has 5 heteroatoms. The van der Waals surface area contributed by atoms with Gasteiger partial charge < -0.3 is 18.9 Å². The summed E-state index contributed by atoms with van der Waals surface area (Å²) >= 11 is 0. The summed E-state index contributed by atoms with van der Waals surface area (Å²) in [6.45, 7) is 14.8. The zero-order chi connectivity index (χ0) is 22.9. The summed E-state index contributed by atoms with van der Waals surface area (Å²) in [7, 11) is 0. The molecule has 0 radical (unpaired) electrons. The van der Waals surface area contributed by atoms with E-state index in [1.165, 1.54) is 11.1 Å². The molecule has 0 N–H and O–H groups in total. The molecule has 2 aromatic rings. The summed E-state index contributed by atoms with van der Waals surface area (Å²) in [5.74, 6) is 1.22. The maximum absolute atomic E-state index is 11.2. The maximum Gasteiger partial charge on any atom is 0.330 e. The summed E-state index contributed by atoms with van der Waals surface area (Å²) in [6, 6.07) is 16.4. The predicted molar refractivity (Wildman–Crippen MR) is 123 cm³/mol. The number of esters is 1. The van der Waals surface area contributed by atoms with Crippen LogP contribution < -0.4 is 9.47 Å². The van der Waals surface area contributed by atoms with E-state index in [0.29, 0.717) is 19.8 Å². The Morgan fingerprint density at radius 2 is 1.42 bits per heavy atom. The van der Waals surface area contributed by atoms with E-state index in [9.17, 15) is 4.79 Å². The Bertz CT molecular complexity index is 824. The van der Waals surface area contributed by atoms with Gasteiger partial charge in [0.1, 0.15) is 24.2 Å². The summed E-state index contributed by atoms with van der Waals surface area (Å²) in [6.07, 6.45) is 0.672. The van der Waals surface area contributed by atoms with Crippen molar-refractivity contribution in [1.29, 1.82) is 0 Å². The average molecular weight is 427 g/mol. The van der Waals surface area contributed by atoms with E-state index in [1.807, 2.05) is 38.1 Å². The van der Waals surface area contributed by atoms with Gasteiger partial charge in [-0.1, -0.05) is 44.7 Å². The van der Waals surface area contributed by atoms with Crippen LogP contribution >= 0.6 is 0 Å². The summed E-state index contributed by atoms with van der Waals surface area (Å²) < 4.78 is 22.2. The van der Waals surface area contributed by atoms with Gasteiger partial charge >= 0.3 is 5.97 Å². The molecule has 0 heterocycles. The number of carbonyl (C=O) groups excluding carboxylic acids is 1. The molecule has 0 spiro atoms. The fourth-order valence-electron chi connectivity index (χ4n) is 3.11. The zero-order valence-corrected chi connectivity index (χ0v) is 19.2. The van der Waals surface area contributed by atoms with Gasteiger partial charge in [0.25, 0.3) is 0 Å². The van der Waals surface area contributed by atoms with Gasteiger partial charge in [0.05, 0.1) is 19.3 Å². The Hall–Kier alpha value is -2.79. The van der Waals surface area contributed by atoms with Gasteiger partial charge in [-0.2, -0.15) is 0 Å². The largest absolute Gasteiger partial charge is 0.494 e. The first kappa shape index (κ1) is 24.5. The molecule has 0 saturated carbocycles. The molecule has 0 fully saturated rings. The molecule has 0 aliphatic rings. The third-order valence-electron chi connectivity index (χ3n) is 5.05. The van der Waals surface area contributed by atoms with Crippen LogP contribution in [0.25, 0.3) is 0 Å². The van der Waals surface area contributed by atoms with Crippen molar-refractivity contribution in [3.05, 3.63) is 72.3 Å². The van der Waals surface area contributed by atoms with E-state index in [1.54, 1.807) is 6.92 Å². The Balaban J connectivity index is 1.88. The lowest BCUT2D eigenvalue weighted by molar-refractivity contribution is -0.146. The fraction of sp³-hybridized carbons (Fsp3) is 0.423. The van der Waals surface area contributed by atoms with E-state index in [0.717, 1.165) is 17.6 Å². The highest BCUT2D eigenvalue weighted by atomic mass is 16.6. The highest BCUT2D eigenvalue weighted by Crippen LogP contribution is 2.33. The van der Waals surface area contributed by atoms with Crippen molar-refractivity contribution in [1.82, 2.24) is 0 Å². The summed E-state index contributed by atoms with van der Waals surface area (Å²) in [4.78, 5) is 11.2. The van der Waals surface area contributed by atoms with E-state index in [4.69, 9.17) is 18.9 Å². The number of hydrogen-bond acceptors (Lipinski definition) is 5. The van der Waals surface area contributed by atoms with E-state index >= 15 is 0 Å². The summed E-state index contributed by atoms with van der Waals surface area (Å²) in [5, 5.41) is 0. The van der Waals surface area contributed by atoms with Crippen LogP contribution in [0.5, 0.6) is 11.5 Å². The number of ether oxygens (including phenoxy) is 4. The second-order valence-corrected chi connectivity index (χ2v) is 8.01. The first-order chi connectivity index (χ1) is 14.8. The topological polar surface area (TPSA) is 54.0 Å². The molecule has 2 atom stereocenters. The number of benzene rings is 2. The molecule has 0 aliphatic carbocycles. The van der Waals surface area contributed by atoms with Gasteiger partial charge in [-0.25, -0.2) is 4.79 Å². The van der Waals surface area contributed by atoms with Crippen molar-refractivity contribution in [2.75, 3.05) is 19.8 Å². The van der Waals surface area contributed by atoms with Gasteiger partial charge in [-0.15, -0.1) is 0 Å². The summed E-state index contributed by atoms with van der Waals surface area (Å²) in [5.41, 5.74) is 2.28. The van der Waals surface area contributed by atoms with Crippen LogP contribution in [0.2, 0.25) is 0 Å². The fourth-order valence-corrected chi connectivity index (χ4v) is 3.11. The SMILES string of the molecule is C=CC(=O)OC(C)COC(C)COc1ccc(C(C)(C)c2ccc(OCC)cc2)cc1. The molecule has 2 aromatic carbocycles. The van der Waals surface area contributed by atoms with Gasteiger partial charge in [-0.3, -0.25) is 0 Å². The lowest BCUT2D eigenvalue weighted by Crippen LogP contribution is -2.25. The molecular weight excluding hydrogens is 392 g/mol. The molecule has 168 valence electrons. The second-order valence-electron chi connectivity index (χ2n) is 8.01. The maximum atomic E-state index is 11.2. The molecule has 0 amide bonds. The highest BCUT2D eigenvalue weighted by Gasteiger charge is 2.23. The third kappa shape index (κ3) is 7.44. The molecule has 31 heavy (non-hydrogen) atoms. The normalized spacial score (nSPS) is 13.2. The van der Waals surface area contributed by atoms with Gasteiger partial charge in [0, 0.05) is 11.5 Å². The number of hydrogen-bond donors (Lipinski definition) is 0. The van der Waals surface area contributed by atoms with E-state index < -0.39 is 5.97 Å². The third-order valence-corrected chi connectivity index (χ3v) is 5.05. The van der Waals surface area contributed by atoms with Gasteiger partial charge in [0.2, 0.25) is 0 Å². The van der Waals surface area contributed by atoms with Crippen LogP contribution in [0.4, 0.5) is 0 Å². The van der Waals surface area contributed by atoms with Crippen molar-refractivity contribution in [3.8, 4) is 11.5 Å². The van der Waals surface area contributed by atoms with Crippen molar-refractivity contribution in [3.63, 3.8) is 0 Å². The molecule has 0 aromatic heterocycles. The van der Waals surface area contributed by atoms with Gasteiger partial charge in [0.15, 0.2) is 0 Å². The van der Waals surface area contributed by atoms with Crippen LogP contribution in [0.1, 0.15) is 45.7 Å². The first-order valence-corrected chi connectivity index (χ1v) is 10.7. The predicted octanol–water partition coefficient (Wildman–Crippen LogP) is 5.31. The molecule has 0 saturated heterocycles. The van der Waals surface area contributed by atoms with Crippen LogP contribution in [-0.4, -0.2) is 38.0 Å². The number of carbonyl (C=O) groups is 1. The quantitative estimate of drug-likeness (QED) is 0.340. The molecule has 2 unspecified atom stereocenters. The van der Waals surface area contributed by atoms with Crippen LogP contribution in [0.15, 0.2) is 61.2 Å². The Morgan fingerprint density at radius 3 is 1.90 bits per heavy atom. The molecule has 0 aliphatic heterocycles. The van der Waals surface area contributed by atoms with Crippen LogP contribution in [-0.2, 0) is 19.7 Å². The Morgan fingerprint density at radius 1 is 0.903 bits per heavy atom. The minimum atomic E-state index is -0.451. The molecular formula is C26H34O5. The lowest BCUT2D eigenvalue weighted by Gasteiger charge is -2.26. The number of rotatable bonds is 12. The minimum absolute atomic E-state index is 0.134. The second kappa shape index (κ2) is 11.6. The minimum Gasteiger partial charge on any atom is -0.494 e. The van der Waals surface area contributed by atoms with Crippen LogP contribution in [0, 0.1) is 0 Å². The van der Waals surface area contributed by atoms with E-state index in [-0.39, 0.29) is 17.6 Å².